The van der Waals surface area contributed by atoms with Gasteiger partial charge in [-0.05, 0) is 67.1 Å². The Morgan fingerprint density at radius 3 is 2.27 bits per heavy atom. The van der Waals surface area contributed by atoms with Crippen LogP contribution in [-0.4, -0.2) is 37.6 Å². The van der Waals surface area contributed by atoms with Crippen LogP contribution in [0.3, 0.4) is 0 Å². The summed E-state index contributed by atoms with van der Waals surface area (Å²) in [5.74, 6) is -0.803. The van der Waals surface area contributed by atoms with Gasteiger partial charge in [-0.1, -0.05) is 17.7 Å². The Morgan fingerprint density at radius 1 is 1.00 bits per heavy atom. The van der Waals surface area contributed by atoms with Gasteiger partial charge in [-0.15, -0.1) is 0 Å². The largest absolute Gasteiger partial charge is 0.507 e. The maximum absolute atomic E-state index is 13.4. The summed E-state index contributed by atoms with van der Waals surface area (Å²) in [6.07, 6.45) is 0. The fourth-order valence-corrected chi connectivity index (χ4v) is 4.47. The standard InChI is InChI=1S/C28H23ClN2O6/c1-4-37-23-14-17(7-12-22(23)36-3)25-24(26(32)18-8-11-21(35-2)20(29)13-18)27(33)28(34)31(25)19-9-5-16(15-30)6-10-19/h5-14,25,32H,4H2,1-3H3/b26-24-. The van der Waals surface area contributed by atoms with E-state index in [0.717, 1.165) is 0 Å². The van der Waals surface area contributed by atoms with Crippen molar-refractivity contribution in [3.8, 4) is 23.3 Å². The van der Waals surface area contributed by atoms with Gasteiger partial charge in [0.05, 0.1) is 49.1 Å². The van der Waals surface area contributed by atoms with Gasteiger partial charge in [-0.2, -0.15) is 5.26 Å². The number of halogens is 1. The fourth-order valence-electron chi connectivity index (χ4n) is 4.21. The molecule has 1 saturated heterocycles. The van der Waals surface area contributed by atoms with Crippen molar-refractivity contribution in [1.82, 2.24) is 0 Å². The monoisotopic (exact) mass is 518 g/mol. The van der Waals surface area contributed by atoms with E-state index in [-0.39, 0.29) is 16.2 Å². The number of Topliss-reactive ketones (excluding diaryl/α,β-unsaturated/α-hetero) is 1. The summed E-state index contributed by atoms with van der Waals surface area (Å²) in [5, 5.41) is 20.7. The van der Waals surface area contributed by atoms with E-state index in [0.29, 0.717) is 40.7 Å². The van der Waals surface area contributed by atoms with Crippen LogP contribution in [0.2, 0.25) is 5.02 Å². The third kappa shape index (κ3) is 4.69. The predicted octanol–water partition coefficient (Wildman–Crippen LogP) is 5.25. The summed E-state index contributed by atoms with van der Waals surface area (Å²) in [5.41, 5.74) is 1.41. The smallest absolute Gasteiger partial charge is 0.300 e. The van der Waals surface area contributed by atoms with E-state index in [9.17, 15) is 20.0 Å². The summed E-state index contributed by atoms with van der Waals surface area (Å²) < 4.78 is 16.3. The highest BCUT2D eigenvalue weighted by molar-refractivity contribution is 6.51. The SMILES string of the molecule is CCOc1cc(C2/C(=C(/O)c3ccc(OC)c(Cl)c3)C(=O)C(=O)N2c2ccc(C#N)cc2)ccc1OC. The fraction of sp³-hybridized carbons (Fsp3) is 0.179. The molecule has 1 N–H and O–H groups in total. The van der Waals surface area contributed by atoms with Gasteiger partial charge in [0.2, 0.25) is 0 Å². The Balaban J connectivity index is 1.96. The van der Waals surface area contributed by atoms with Gasteiger partial charge >= 0.3 is 0 Å². The van der Waals surface area contributed by atoms with Crippen LogP contribution in [0.1, 0.15) is 29.7 Å². The topological polar surface area (TPSA) is 109 Å². The number of nitriles is 1. The molecule has 0 bridgehead atoms. The number of carbonyl (C=O) groups excluding carboxylic acids is 2. The number of hydrogen-bond acceptors (Lipinski definition) is 7. The molecular formula is C28H23ClN2O6. The first kappa shape index (κ1) is 25.6. The quantitative estimate of drug-likeness (QED) is 0.258. The lowest BCUT2D eigenvalue weighted by atomic mass is 9.94. The van der Waals surface area contributed by atoms with E-state index in [1.54, 1.807) is 54.6 Å². The Hall–Kier alpha value is -4.48. The van der Waals surface area contributed by atoms with E-state index < -0.39 is 23.5 Å². The molecule has 1 heterocycles. The van der Waals surface area contributed by atoms with E-state index in [2.05, 4.69) is 0 Å². The molecule has 0 aliphatic carbocycles. The number of carbonyl (C=O) groups is 2. The number of hydrogen-bond donors (Lipinski definition) is 1. The normalized spacial score (nSPS) is 16.4. The number of amides is 1. The Bertz CT molecular complexity index is 1440. The first-order chi connectivity index (χ1) is 17.8. The van der Waals surface area contributed by atoms with E-state index in [4.69, 9.17) is 25.8 Å². The van der Waals surface area contributed by atoms with Crippen LogP contribution in [0.25, 0.3) is 5.76 Å². The number of aliphatic hydroxyl groups excluding tert-OH is 1. The maximum Gasteiger partial charge on any atom is 0.300 e. The second kappa shape index (κ2) is 10.6. The van der Waals surface area contributed by atoms with Crippen molar-refractivity contribution in [2.45, 2.75) is 13.0 Å². The molecule has 0 radical (unpaired) electrons. The highest BCUT2D eigenvalue weighted by Crippen LogP contribution is 2.44. The highest BCUT2D eigenvalue weighted by Gasteiger charge is 2.47. The minimum Gasteiger partial charge on any atom is -0.507 e. The molecule has 3 aromatic rings. The van der Waals surface area contributed by atoms with Crippen LogP contribution in [0.5, 0.6) is 17.2 Å². The maximum atomic E-state index is 13.4. The molecule has 1 aliphatic rings. The number of benzene rings is 3. The molecule has 1 fully saturated rings. The molecule has 0 saturated carbocycles. The van der Waals surface area contributed by atoms with Crippen LogP contribution in [0.4, 0.5) is 5.69 Å². The van der Waals surface area contributed by atoms with E-state index >= 15 is 0 Å². The molecule has 9 heteroatoms. The third-order valence-electron chi connectivity index (χ3n) is 5.95. The van der Waals surface area contributed by atoms with Crippen molar-refractivity contribution in [2.75, 3.05) is 25.7 Å². The summed E-state index contributed by atoms with van der Waals surface area (Å²) in [6, 6.07) is 16.9. The average molecular weight is 519 g/mol. The molecule has 188 valence electrons. The molecule has 0 spiro atoms. The summed E-state index contributed by atoms with van der Waals surface area (Å²) in [7, 11) is 2.97. The molecular weight excluding hydrogens is 496 g/mol. The van der Waals surface area contributed by atoms with Gasteiger partial charge in [-0.3, -0.25) is 14.5 Å². The van der Waals surface area contributed by atoms with Crippen molar-refractivity contribution < 1.29 is 28.9 Å². The number of nitrogens with zero attached hydrogens (tertiary/aromatic N) is 2. The van der Waals surface area contributed by atoms with Gasteiger partial charge in [0.25, 0.3) is 11.7 Å². The average Bonchev–Trinajstić information content (AvgIpc) is 3.18. The zero-order chi connectivity index (χ0) is 26.7. The number of ether oxygens (including phenoxy) is 3. The van der Waals surface area contributed by atoms with Crippen LogP contribution in [0, 0.1) is 11.3 Å². The van der Waals surface area contributed by atoms with Crippen molar-refractivity contribution in [3.63, 3.8) is 0 Å². The van der Waals surface area contributed by atoms with Gasteiger partial charge in [0, 0.05) is 11.3 Å². The second-order valence-electron chi connectivity index (χ2n) is 8.02. The van der Waals surface area contributed by atoms with Gasteiger partial charge < -0.3 is 19.3 Å². The third-order valence-corrected chi connectivity index (χ3v) is 6.24. The number of ketones is 1. The number of aliphatic hydroxyl groups is 1. The van der Waals surface area contributed by atoms with Crippen LogP contribution in [-0.2, 0) is 9.59 Å². The zero-order valence-electron chi connectivity index (χ0n) is 20.3. The van der Waals surface area contributed by atoms with E-state index in [1.807, 2.05) is 13.0 Å². The lowest BCUT2D eigenvalue weighted by molar-refractivity contribution is -0.132. The summed E-state index contributed by atoms with van der Waals surface area (Å²) in [4.78, 5) is 28.0. The first-order valence-electron chi connectivity index (χ1n) is 11.3. The number of methoxy groups -OCH3 is 2. The lowest BCUT2D eigenvalue weighted by Crippen LogP contribution is -2.29. The minimum absolute atomic E-state index is 0.122. The number of rotatable bonds is 7. The van der Waals surface area contributed by atoms with Crippen molar-refractivity contribution >= 4 is 34.7 Å². The Labute approximate surface area is 218 Å². The molecule has 1 aliphatic heterocycles. The molecule has 4 rings (SSSR count). The molecule has 1 unspecified atom stereocenters. The van der Waals surface area contributed by atoms with Crippen molar-refractivity contribution in [3.05, 3.63) is 87.9 Å². The molecule has 1 atom stereocenters. The highest BCUT2D eigenvalue weighted by atomic mass is 35.5. The summed E-state index contributed by atoms with van der Waals surface area (Å²) >= 11 is 6.26. The van der Waals surface area contributed by atoms with Crippen molar-refractivity contribution in [2.24, 2.45) is 0 Å². The lowest BCUT2D eigenvalue weighted by Gasteiger charge is -2.26. The zero-order valence-corrected chi connectivity index (χ0v) is 21.1. The second-order valence-corrected chi connectivity index (χ2v) is 8.43. The first-order valence-corrected chi connectivity index (χ1v) is 11.7. The van der Waals surface area contributed by atoms with Gasteiger partial charge in [0.15, 0.2) is 11.5 Å². The van der Waals surface area contributed by atoms with Crippen LogP contribution < -0.4 is 19.1 Å². The van der Waals surface area contributed by atoms with Crippen LogP contribution >= 0.6 is 11.6 Å². The Morgan fingerprint density at radius 2 is 1.68 bits per heavy atom. The van der Waals surface area contributed by atoms with Crippen LogP contribution in [0.15, 0.2) is 66.2 Å². The molecule has 3 aromatic carbocycles. The summed E-state index contributed by atoms with van der Waals surface area (Å²) in [6.45, 7) is 2.18. The predicted molar refractivity (Wildman–Crippen MR) is 138 cm³/mol. The number of anilines is 1. The molecule has 1 amide bonds. The Kier molecular flexibility index (Phi) is 7.37. The minimum atomic E-state index is -1.00. The van der Waals surface area contributed by atoms with Crippen molar-refractivity contribution in [1.29, 1.82) is 5.26 Å². The van der Waals surface area contributed by atoms with E-state index in [1.165, 1.54) is 25.2 Å². The molecule has 8 nitrogen and oxygen atoms in total. The van der Waals surface area contributed by atoms with Gasteiger partial charge in [-0.25, -0.2) is 0 Å². The molecule has 37 heavy (non-hydrogen) atoms. The van der Waals surface area contributed by atoms with Gasteiger partial charge in [0.1, 0.15) is 11.5 Å². The molecule has 0 aromatic heterocycles.